The molecule has 2 heterocycles. The maximum absolute atomic E-state index is 11.4. The van der Waals surface area contributed by atoms with Crippen LogP contribution in [0.15, 0.2) is 30.6 Å². The highest BCUT2D eigenvalue weighted by Gasteiger charge is 2.14. The molecule has 2 aromatic heterocycles. The number of nitriles is 1. The van der Waals surface area contributed by atoms with Gasteiger partial charge in [0.25, 0.3) is 0 Å². The predicted octanol–water partition coefficient (Wildman–Crippen LogP) is 1.82. The fourth-order valence-corrected chi connectivity index (χ4v) is 3.02. The van der Waals surface area contributed by atoms with Gasteiger partial charge in [0.2, 0.25) is 16.0 Å². The summed E-state index contributed by atoms with van der Waals surface area (Å²) in [5.41, 5.74) is 2.20. The summed E-state index contributed by atoms with van der Waals surface area (Å²) in [6.45, 7) is 0.503. The molecule has 0 amide bonds. The van der Waals surface area contributed by atoms with Crippen molar-refractivity contribution in [3.8, 4) is 6.07 Å². The van der Waals surface area contributed by atoms with Gasteiger partial charge in [-0.15, -0.1) is 0 Å². The van der Waals surface area contributed by atoms with Crippen LogP contribution < -0.4 is 14.9 Å². The molecule has 0 spiro atoms. The van der Waals surface area contributed by atoms with Crippen molar-refractivity contribution < 1.29 is 8.42 Å². The van der Waals surface area contributed by atoms with Crippen molar-refractivity contribution in [3.63, 3.8) is 0 Å². The molecule has 27 heavy (non-hydrogen) atoms. The zero-order valence-corrected chi connectivity index (χ0v) is 15.6. The summed E-state index contributed by atoms with van der Waals surface area (Å²) < 4.78 is 25.2. The normalized spacial score (nSPS) is 11.1. The minimum Gasteiger partial charge on any atom is -0.357 e. The zero-order chi connectivity index (χ0) is 19.4. The zero-order valence-electron chi connectivity index (χ0n) is 14.8. The van der Waals surface area contributed by atoms with Gasteiger partial charge >= 0.3 is 0 Å². The van der Waals surface area contributed by atoms with Gasteiger partial charge in [0.05, 0.1) is 30.8 Å². The number of hydrogen-bond acceptors (Lipinski definition) is 8. The van der Waals surface area contributed by atoms with Crippen LogP contribution in [-0.4, -0.2) is 48.2 Å². The second kappa shape index (κ2) is 7.46. The van der Waals surface area contributed by atoms with E-state index in [-0.39, 0.29) is 0 Å². The van der Waals surface area contributed by atoms with Gasteiger partial charge in [0, 0.05) is 19.3 Å². The number of imidazole rings is 1. The number of sulfonamides is 1. The van der Waals surface area contributed by atoms with Crippen molar-refractivity contribution >= 4 is 44.3 Å². The quantitative estimate of drug-likeness (QED) is 0.558. The Bertz CT molecular complexity index is 1100. The number of anilines is 4. The number of nitrogens with zero attached hydrogens (tertiary/aromatic N) is 5. The molecule has 0 aliphatic heterocycles. The number of aromatic nitrogens is 4. The maximum atomic E-state index is 11.4. The Balaban J connectivity index is 1.91. The first-order chi connectivity index (χ1) is 12.9. The first-order valence-electron chi connectivity index (χ1n) is 8.00. The van der Waals surface area contributed by atoms with Gasteiger partial charge < -0.3 is 15.2 Å². The summed E-state index contributed by atoms with van der Waals surface area (Å²) in [4.78, 5) is 17.9. The van der Waals surface area contributed by atoms with Gasteiger partial charge in [0.1, 0.15) is 0 Å². The van der Waals surface area contributed by atoms with E-state index in [1.165, 1.54) is 6.33 Å². The number of hydrogen-bond donors (Lipinski definition) is 3. The van der Waals surface area contributed by atoms with E-state index in [0.29, 0.717) is 47.3 Å². The molecule has 3 aromatic rings. The van der Waals surface area contributed by atoms with E-state index >= 15 is 0 Å². The van der Waals surface area contributed by atoms with Gasteiger partial charge in [-0.05, 0) is 18.2 Å². The Hall–Kier alpha value is -3.39. The molecule has 0 fully saturated rings. The number of nitrogens with one attached hydrogen (secondary N) is 3. The van der Waals surface area contributed by atoms with Crippen LogP contribution in [0.1, 0.15) is 6.42 Å². The molecule has 1 aromatic carbocycles. The highest BCUT2D eigenvalue weighted by atomic mass is 32.2. The van der Waals surface area contributed by atoms with Crippen LogP contribution in [0, 0.1) is 11.3 Å². The van der Waals surface area contributed by atoms with Crippen molar-refractivity contribution in [2.45, 2.75) is 6.42 Å². The number of aromatic amines is 1. The molecule has 3 N–H and O–H groups in total. The third kappa shape index (κ3) is 4.62. The average Bonchev–Trinajstić information content (AvgIpc) is 3.06. The topological polar surface area (TPSA) is 140 Å². The monoisotopic (exact) mass is 386 g/mol. The number of H-pyrrole nitrogens is 1. The second-order valence-electron chi connectivity index (χ2n) is 5.88. The summed E-state index contributed by atoms with van der Waals surface area (Å²) in [5, 5.41) is 11.9. The fourth-order valence-electron chi connectivity index (χ4n) is 2.47. The minimum absolute atomic E-state index is 0.321. The Kier molecular flexibility index (Phi) is 5.09. The summed E-state index contributed by atoms with van der Waals surface area (Å²) in [6.07, 6.45) is 2.97. The van der Waals surface area contributed by atoms with Crippen molar-refractivity contribution in [3.05, 3.63) is 30.6 Å². The van der Waals surface area contributed by atoms with Crippen LogP contribution in [0.5, 0.6) is 0 Å². The molecule has 0 saturated carbocycles. The van der Waals surface area contributed by atoms with Crippen molar-refractivity contribution in [2.24, 2.45) is 0 Å². The Morgan fingerprint density at radius 3 is 2.81 bits per heavy atom. The minimum atomic E-state index is -3.37. The number of benzene rings is 1. The van der Waals surface area contributed by atoms with E-state index in [0.717, 1.165) is 6.26 Å². The Morgan fingerprint density at radius 2 is 2.07 bits per heavy atom. The maximum Gasteiger partial charge on any atom is 0.231 e. The predicted molar refractivity (Wildman–Crippen MR) is 103 cm³/mol. The van der Waals surface area contributed by atoms with Crippen LogP contribution in [0.2, 0.25) is 0 Å². The van der Waals surface area contributed by atoms with E-state index in [2.05, 4.69) is 36.0 Å². The smallest absolute Gasteiger partial charge is 0.231 e. The largest absolute Gasteiger partial charge is 0.357 e. The molecule has 140 valence electrons. The molecule has 10 nitrogen and oxygen atoms in total. The van der Waals surface area contributed by atoms with E-state index in [1.54, 1.807) is 24.3 Å². The van der Waals surface area contributed by atoms with Gasteiger partial charge in [-0.2, -0.15) is 15.2 Å². The highest BCUT2D eigenvalue weighted by molar-refractivity contribution is 7.92. The molecule has 3 rings (SSSR count). The van der Waals surface area contributed by atoms with Crippen molar-refractivity contribution in [1.82, 2.24) is 19.9 Å². The third-order valence-electron chi connectivity index (χ3n) is 3.60. The Labute approximate surface area is 156 Å². The molecule has 0 aliphatic rings. The van der Waals surface area contributed by atoms with Gasteiger partial charge in [-0.1, -0.05) is 6.07 Å². The second-order valence-corrected chi connectivity index (χ2v) is 7.63. The summed E-state index contributed by atoms with van der Waals surface area (Å²) in [7, 11) is -1.54. The van der Waals surface area contributed by atoms with Crippen LogP contribution >= 0.6 is 0 Å². The number of fused-ring (bicyclic) bond motifs is 1. The molecule has 0 radical (unpaired) electrons. The van der Waals surface area contributed by atoms with Gasteiger partial charge in [-0.25, -0.2) is 13.4 Å². The lowest BCUT2D eigenvalue weighted by molar-refractivity contribution is 0.607. The molecule has 0 bridgehead atoms. The standard InChI is InChI=1S/C16H18N8O2S/c1-24(8-4-7-17)15-13-14(19-10-18-13)21-16(22-15)20-11-5-3-6-12(9-11)23-27(2,25)26/h3,5-6,9-10,23H,4,8H2,1-2H3,(H2,18,19,20,21,22). The molecular formula is C16H18N8O2S. The average molecular weight is 386 g/mol. The highest BCUT2D eigenvalue weighted by Crippen LogP contribution is 2.24. The molecule has 0 atom stereocenters. The summed E-state index contributed by atoms with van der Waals surface area (Å²) >= 11 is 0. The third-order valence-corrected chi connectivity index (χ3v) is 4.21. The molecule has 0 unspecified atom stereocenters. The van der Waals surface area contributed by atoms with Crippen LogP contribution in [0.25, 0.3) is 11.2 Å². The van der Waals surface area contributed by atoms with Gasteiger partial charge in [0.15, 0.2) is 17.0 Å². The van der Waals surface area contributed by atoms with Crippen molar-refractivity contribution in [2.75, 3.05) is 34.8 Å². The SMILES string of the molecule is CN(CCC#N)c1nc(Nc2cccc(NS(C)(=O)=O)c2)nc2[nH]cnc12. The fraction of sp³-hybridized carbons (Fsp3) is 0.250. The Morgan fingerprint density at radius 1 is 1.30 bits per heavy atom. The van der Waals surface area contributed by atoms with E-state index in [9.17, 15) is 8.42 Å². The summed E-state index contributed by atoms with van der Waals surface area (Å²) in [6, 6.07) is 8.87. The lowest BCUT2D eigenvalue weighted by Gasteiger charge is -2.17. The lowest BCUT2D eigenvalue weighted by atomic mass is 10.3. The molecule has 11 heteroatoms. The van der Waals surface area contributed by atoms with Crippen LogP contribution in [0.4, 0.5) is 23.1 Å². The number of rotatable bonds is 7. The summed E-state index contributed by atoms with van der Waals surface area (Å²) in [5.74, 6) is 0.909. The van der Waals surface area contributed by atoms with Crippen LogP contribution in [0.3, 0.4) is 0 Å². The van der Waals surface area contributed by atoms with Crippen LogP contribution in [-0.2, 0) is 10.0 Å². The molecular weight excluding hydrogens is 368 g/mol. The lowest BCUT2D eigenvalue weighted by Crippen LogP contribution is -2.20. The van der Waals surface area contributed by atoms with E-state index < -0.39 is 10.0 Å². The van der Waals surface area contributed by atoms with Gasteiger partial charge in [-0.3, -0.25) is 4.72 Å². The first-order valence-corrected chi connectivity index (χ1v) is 9.89. The van der Waals surface area contributed by atoms with E-state index in [4.69, 9.17) is 5.26 Å². The van der Waals surface area contributed by atoms with E-state index in [1.807, 2.05) is 11.9 Å². The molecule has 0 saturated heterocycles. The molecule has 0 aliphatic carbocycles. The first kappa shape index (κ1) is 18.4. The van der Waals surface area contributed by atoms with Crippen molar-refractivity contribution in [1.29, 1.82) is 5.26 Å².